The molecule has 3 rings (SSSR count). The number of benzene rings is 2. The van der Waals surface area contributed by atoms with E-state index in [1.165, 1.54) is 26.5 Å². The van der Waals surface area contributed by atoms with E-state index in [0.717, 1.165) is 0 Å². The summed E-state index contributed by atoms with van der Waals surface area (Å²) in [4.78, 5) is 12.8. The number of hydrogen-bond donors (Lipinski definition) is 2. The lowest BCUT2D eigenvalue weighted by Gasteiger charge is -2.09. The first-order chi connectivity index (χ1) is 11.5. The van der Waals surface area contributed by atoms with Crippen LogP contribution in [0.5, 0.6) is 23.0 Å². The Morgan fingerprint density at radius 2 is 1.79 bits per heavy atom. The van der Waals surface area contributed by atoms with Gasteiger partial charge in [-0.15, -0.1) is 0 Å². The molecule has 6 heteroatoms. The zero-order valence-electron chi connectivity index (χ0n) is 13.4. The maximum atomic E-state index is 12.8. The third kappa shape index (κ3) is 2.32. The number of furan rings is 1. The van der Waals surface area contributed by atoms with E-state index >= 15 is 0 Å². The Labute approximate surface area is 137 Å². The number of phenolic OH excluding ortho intramolecular Hbond substituents is 2. The second-order valence-corrected chi connectivity index (χ2v) is 5.29. The number of ketones is 1. The Kier molecular flexibility index (Phi) is 3.81. The average molecular weight is 328 g/mol. The van der Waals surface area contributed by atoms with E-state index < -0.39 is 0 Å². The van der Waals surface area contributed by atoms with Crippen LogP contribution >= 0.6 is 0 Å². The molecule has 24 heavy (non-hydrogen) atoms. The van der Waals surface area contributed by atoms with E-state index in [4.69, 9.17) is 13.9 Å². The molecule has 3 aromatic rings. The summed E-state index contributed by atoms with van der Waals surface area (Å²) in [5, 5.41) is 20.5. The fourth-order valence-corrected chi connectivity index (χ4v) is 2.58. The largest absolute Gasteiger partial charge is 0.508 e. The van der Waals surface area contributed by atoms with Gasteiger partial charge in [-0.25, -0.2) is 0 Å². The van der Waals surface area contributed by atoms with Gasteiger partial charge in [0, 0.05) is 16.5 Å². The molecule has 1 heterocycles. The van der Waals surface area contributed by atoms with Crippen LogP contribution in [0.2, 0.25) is 0 Å². The second kappa shape index (κ2) is 5.81. The average Bonchev–Trinajstić information content (AvgIpc) is 3.01. The smallest absolute Gasteiger partial charge is 0.202 e. The number of methoxy groups -OCH3 is 2. The Hall–Kier alpha value is -3.15. The molecule has 0 aliphatic carbocycles. The predicted octanol–water partition coefficient (Wildman–Crippen LogP) is 3.40. The zero-order valence-corrected chi connectivity index (χ0v) is 13.4. The van der Waals surface area contributed by atoms with Gasteiger partial charge in [-0.05, 0) is 31.2 Å². The van der Waals surface area contributed by atoms with Crippen molar-refractivity contribution >= 4 is 16.8 Å². The van der Waals surface area contributed by atoms with Crippen molar-refractivity contribution in [2.45, 2.75) is 6.92 Å². The standard InChI is InChI=1S/C18H16O6/c1-9-13(19)6-10(7-15(9)23-3)16(20)12-8-24-18-11(12)4-5-14(22-2)17(18)21/h4-8,19,21H,1-3H3. The minimum Gasteiger partial charge on any atom is -0.508 e. The van der Waals surface area contributed by atoms with Crippen LogP contribution in [0, 0.1) is 6.92 Å². The Balaban J connectivity index is 2.13. The lowest BCUT2D eigenvalue weighted by atomic mass is 10.00. The van der Waals surface area contributed by atoms with Crippen molar-refractivity contribution in [3.63, 3.8) is 0 Å². The first-order valence-electron chi connectivity index (χ1n) is 7.17. The highest BCUT2D eigenvalue weighted by Crippen LogP contribution is 2.38. The summed E-state index contributed by atoms with van der Waals surface area (Å²) in [6.45, 7) is 1.69. The molecule has 0 amide bonds. The molecule has 2 N–H and O–H groups in total. The van der Waals surface area contributed by atoms with Gasteiger partial charge in [0.15, 0.2) is 17.1 Å². The van der Waals surface area contributed by atoms with Crippen LogP contribution in [-0.4, -0.2) is 30.2 Å². The van der Waals surface area contributed by atoms with Crippen molar-refractivity contribution in [3.05, 3.63) is 47.2 Å². The topological polar surface area (TPSA) is 89.1 Å². The normalized spacial score (nSPS) is 10.8. The van der Waals surface area contributed by atoms with Gasteiger partial charge in [0.05, 0.1) is 19.8 Å². The van der Waals surface area contributed by atoms with Gasteiger partial charge in [-0.1, -0.05) is 0 Å². The third-order valence-electron chi connectivity index (χ3n) is 3.96. The summed E-state index contributed by atoms with van der Waals surface area (Å²) < 4.78 is 15.5. The molecule has 0 radical (unpaired) electrons. The van der Waals surface area contributed by atoms with Gasteiger partial charge in [-0.3, -0.25) is 4.79 Å². The summed E-state index contributed by atoms with van der Waals surface area (Å²) in [6, 6.07) is 6.12. The second-order valence-electron chi connectivity index (χ2n) is 5.29. The molecule has 0 atom stereocenters. The molecule has 0 aliphatic rings. The van der Waals surface area contributed by atoms with Crippen LogP contribution in [0.3, 0.4) is 0 Å². The molecule has 1 aromatic heterocycles. The fourth-order valence-electron chi connectivity index (χ4n) is 2.58. The van der Waals surface area contributed by atoms with Crippen LogP contribution in [0.4, 0.5) is 0 Å². The van der Waals surface area contributed by atoms with E-state index in [0.29, 0.717) is 16.7 Å². The lowest BCUT2D eigenvalue weighted by molar-refractivity contribution is 0.103. The summed E-state index contributed by atoms with van der Waals surface area (Å²) in [5.74, 6) is 0.112. The summed E-state index contributed by atoms with van der Waals surface area (Å²) >= 11 is 0. The molecule has 0 saturated carbocycles. The molecule has 2 aromatic carbocycles. The minimum atomic E-state index is -0.355. The number of hydrogen-bond acceptors (Lipinski definition) is 6. The highest BCUT2D eigenvalue weighted by Gasteiger charge is 2.21. The number of rotatable bonds is 4. The number of carbonyl (C=O) groups excluding carboxylic acids is 1. The van der Waals surface area contributed by atoms with E-state index in [1.807, 2.05) is 0 Å². The maximum Gasteiger partial charge on any atom is 0.202 e. The van der Waals surface area contributed by atoms with Crippen molar-refractivity contribution < 1.29 is 28.9 Å². The van der Waals surface area contributed by atoms with Crippen molar-refractivity contribution in [1.29, 1.82) is 0 Å². The Morgan fingerprint density at radius 3 is 2.46 bits per heavy atom. The first kappa shape index (κ1) is 15.7. The zero-order chi connectivity index (χ0) is 17.4. The van der Waals surface area contributed by atoms with Gasteiger partial charge in [-0.2, -0.15) is 0 Å². The summed E-state index contributed by atoms with van der Waals surface area (Å²) in [5.41, 5.74) is 1.25. The van der Waals surface area contributed by atoms with Crippen LogP contribution in [-0.2, 0) is 0 Å². The molecule has 0 bridgehead atoms. The molecule has 0 aliphatic heterocycles. The van der Waals surface area contributed by atoms with Gasteiger partial charge < -0.3 is 24.1 Å². The third-order valence-corrected chi connectivity index (χ3v) is 3.96. The highest BCUT2D eigenvalue weighted by atomic mass is 16.5. The lowest BCUT2D eigenvalue weighted by Crippen LogP contribution is -2.02. The van der Waals surface area contributed by atoms with E-state index in [1.54, 1.807) is 25.1 Å². The minimum absolute atomic E-state index is 0.0324. The molecular weight excluding hydrogens is 312 g/mol. The molecule has 0 unspecified atom stereocenters. The molecule has 124 valence electrons. The first-order valence-corrected chi connectivity index (χ1v) is 7.17. The Bertz CT molecular complexity index is 938. The summed E-state index contributed by atoms with van der Waals surface area (Å²) in [7, 11) is 2.89. The highest BCUT2D eigenvalue weighted by molar-refractivity contribution is 6.16. The van der Waals surface area contributed by atoms with Crippen molar-refractivity contribution in [2.24, 2.45) is 0 Å². The van der Waals surface area contributed by atoms with Crippen LogP contribution in [0.1, 0.15) is 21.5 Å². The molecule has 0 fully saturated rings. The van der Waals surface area contributed by atoms with E-state index in [-0.39, 0.29) is 39.7 Å². The van der Waals surface area contributed by atoms with E-state index in [2.05, 4.69) is 0 Å². The molecule has 0 spiro atoms. The van der Waals surface area contributed by atoms with Crippen molar-refractivity contribution in [2.75, 3.05) is 14.2 Å². The molecule has 6 nitrogen and oxygen atoms in total. The van der Waals surface area contributed by atoms with Crippen molar-refractivity contribution in [3.8, 4) is 23.0 Å². The predicted molar refractivity (Wildman–Crippen MR) is 87.3 cm³/mol. The van der Waals surface area contributed by atoms with Crippen LogP contribution in [0.25, 0.3) is 11.0 Å². The quantitative estimate of drug-likeness (QED) is 0.714. The maximum absolute atomic E-state index is 12.8. The number of aromatic hydroxyl groups is 2. The molecule has 0 saturated heterocycles. The van der Waals surface area contributed by atoms with Gasteiger partial charge in [0.25, 0.3) is 0 Å². The van der Waals surface area contributed by atoms with Gasteiger partial charge in [0.1, 0.15) is 17.8 Å². The SMILES string of the molecule is COc1cc(C(=O)c2coc3c(O)c(OC)ccc23)cc(O)c1C. The number of fused-ring (bicyclic) bond motifs is 1. The number of phenols is 2. The Morgan fingerprint density at radius 1 is 1.08 bits per heavy atom. The monoisotopic (exact) mass is 328 g/mol. The summed E-state index contributed by atoms with van der Waals surface area (Å²) in [6.07, 6.45) is 1.27. The number of carbonyl (C=O) groups is 1. The number of ether oxygens (including phenoxy) is 2. The van der Waals surface area contributed by atoms with E-state index in [9.17, 15) is 15.0 Å². The van der Waals surface area contributed by atoms with Gasteiger partial charge >= 0.3 is 0 Å². The van der Waals surface area contributed by atoms with Gasteiger partial charge in [0.2, 0.25) is 5.75 Å². The fraction of sp³-hybridized carbons (Fsp3) is 0.167. The molecular formula is C18H16O6. The van der Waals surface area contributed by atoms with Crippen LogP contribution < -0.4 is 9.47 Å². The van der Waals surface area contributed by atoms with Crippen molar-refractivity contribution in [1.82, 2.24) is 0 Å². The van der Waals surface area contributed by atoms with Crippen LogP contribution in [0.15, 0.2) is 34.9 Å².